The first-order valence-electron chi connectivity index (χ1n) is 11.3. The Kier molecular flexibility index (Phi) is 4.68. The van der Waals surface area contributed by atoms with Crippen molar-refractivity contribution in [2.24, 2.45) is 51.8 Å². The minimum Gasteiger partial charge on any atom is -0.550 e. The van der Waals surface area contributed by atoms with Crippen molar-refractivity contribution in [3.8, 4) is 0 Å². The van der Waals surface area contributed by atoms with E-state index in [4.69, 9.17) is 0 Å². The van der Waals surface area contributed by atoms with Crippen molar-refractivity contribution >= 4 is 17.9 Å². The SMILES string of the molecule is CC(C)C1=C[C@@]23CC[C@H]4[C@](C)(CCC[C@@]4(C)C(=O)[O-])[C@@H]2C[C@@H]1[C@H](C(=O)[O-])[C@@H]3C(=O)[O-]. The van der Waals surface area contributed by atoms with Crippen molar-refractivity contribution in [3.63, 3.8) is 0 Å². The summed E-state index contributed by atoms with van der Waals surface area (Å²) in [7, 11) is 0. The van der Waals surface area contributed by atoms with E-state index < -0.39 is 46.5 Å². The lowest BCUT2D eigenvalue weighted by Gasteiger charge is -2.70. The Morgan fingerprint density at radius 2 is 1.67 bits per heavy atom. The molecule has 0 aliphatic heterocycles. The maximum absolute atomic E-state index is 12.3. The number of hydrogen-bond acceptors (Lipinski definition) is 6. The van der Waals surface area contributed by atoms with E-state index in [-0.39, 0.29) is 23.2 Å². The van der Waals surface area contributed by atoms with Gasteiger partial charge in [0.05, 0.1) is 0 Å². The highest BCUT2D eigenvalue weighted by atomic mass is 16.4. The van der Waals surface area contributed by atoms with Crippen molar-refractivity contribution in [2.75, 3.05) is 0 Å². The van der Waals surface area contributed by atoms with E-state index in [1.807, 2.05) is 13.8 Å². The Bertz CT molecular complexity index is 830. The highest BCUT2D eigenvalue weighted by Crippen LogP contribution is 2.73. The van der Waals surface area contributed by atoms with E-state index >= 15 is 0 Å². The van der Waals surface area contributed by atoms with Crippen LogP contribution >= 0.6 is 0 Å². The molecule has 6 heteroatoms. The first-order chi connectivity index (χ1) is 13.9. The summed E-state index contributed by atoms with van der Waals surface area (Å²) in [6, 6.07) is 0. The summed E-state index contributed by atoms with van der Waals surface area (Å²) in [4.78, 5) is 36.6. The average molecular weight is 416 g/mol. The molecule has 0 N–H and O–H groups in total. The quantitative estimate of drug-likeness (QED) is 0.609. The molecule has 0 aromatic carbocycles. The van der Waals surface area contributed by atoms with E-state index in [9.17, 15) is 29.7 Å². The van der Waals surface area contributed by atoms with Crippen LogP contribution in [0.4, 0.5) is 0 Å². The Morgan fingerprint density at radius 1 is 1.00 bits per heavy atom. The van der Waals surface area contributed by atoms with Gasteiger partial charge < -0.3 is 29.7 Å². The molecule has 5 rings (SSSR count). The average Bonchev–Trinajstić information content (AvgIpc) is 2.65. The molecule has 6 nitrogen and oxygen atoms in total. The first-order valence-corrected chi connectivity index (χ1v) is 11.3. The first kappa shape index (κ1) is 21.4. The fourth-order valence-electron chi connectivity index (χ4n) is 8.52. The van der Waals surface area contributed by atoms with Gasteiger partial charge in [0.1, 0.15) is 0 Å². The molecule has 1 spiro atoms. The number of carboxylic acids is 3. The lowest BCUT2D eigenvalue weighted by Crippen LogP contribution is -2.69. The molecular formula is C24H31O6-3. The fourth-order valence-corrected chi connectivity index (χ4v) is 8.52. The molecule has 3 saturated carbocycles. The number of carbonyl (C=O) groups is 3. The molecule has 5 aliphatic rings. The molecule has 0 aromatic rings. The van der Waals surface area contributed by atoms with E-state index in [2.05, 4.69) is 13.0 Å². The molecule has 0 aromatic heterocycles. The third kappa shape index (κ3) is 2.51. The number of carboxylic acid groups (broad SMARTS) is 3. The monoisotopic (exact) mass is 415 g/mol. The van der Waals surface area contributed by atoms with Gasteiger partial charge in [0.2, 0.25) is 0 Å². The van der Waals surface area contributed by atoms with Gasteiger partial charge in [-0.15, -0.1) is 0 Å². The largest absolute Gasteiger partial charge is 0.550 e. The van der Waals surface area contributed by atoms with Crippen LogP contribution in [0.5, 0.6) is 0 Å². The van der Waals surface area contributed by atoms with Gasteiger partial charge in [-0.1, -0.05) is 45.8 Å². The van der Waals surface area contributed by atoms with Gasteiger partial charge in [-0.2, -0.15) is 0 Å². The van der Waals surface area contributed by atoms with Gasteiger partial charge in [-0.25, -0.2) is 0 Å². The van der Waals surface area contributed by atoms with Crippen LogP contribution in [0.3, 0.4) is 0 Å². The van der Waals surface area contributed by atoms with Crippen LogP contribution in [0, 0.1) is 51.8 Å². The van der Waals surface area contributed by atoms with E-state index in [1.54, 1.807) is 6.92 Å². The molecule has 166 valence electrons. The zero-order valence-electron chi connectivity index (χ0n) is 18.2. The Morgan fingerprint density at radius 3 is 2.20 bits per heavy atom. The van der Waals surface area contributed by atoms with Crippen LogP contribution < -0.4 is 15.3 Å². The van der Waals surface area contributed by atoms with Crippen molar-refractivity contribution in [1.29, 1.82) is 0 Å². The van der Waals surface area contributed by atoms with E-state index in [0.29, 0.717) is 25.7 Å². The summed E-state index contributed by atoms with van der Waals surface area (Å²) < 4.78 is 0. The van der Waals surface area contributed by atoms with Crippen molar-refractivity contribution in [2.45, 2.75) is 66.2 Å². The van der Waals surface area contributed by atoms with E-state index in [0.717, 1.165) is 18.4 Å². The number of hydrogen-bond donors (Lipinski definition) is 0. The van der Waals surface area contributed by atoms with Crippen LogP contribution in [0.15, 0.2) is 11.6 Å². The fraction of sp³-hybridized carbons (Fsp3) is 0.792. The number of allylic oxidation sites excluding steroid dienone is 2. The standard InChI is InChI=1S/C24H34O6/c1-12(2)14-11-24-9-6-15-22(3,7-5-8-23(15,4)21(29)30)16(24)10-13(14)17(19(25)26)18(24)20(27)28/h11-13,15-18H,5-10H2,1-4H3,(H,25,26)(H,27,28)(H,29,30)/p-3/t13-,15-,16-,17-,18+,22-,23+,24-/m0/s1. The number of fused-ring (bicyclic) bond motifs is 2. The summed E-state index contributed by atoms with van der Waals surface area (Å²) in [5.74, 6) is -6.39. The van der Waals surface area contributed by atoms with Crippen LogP contribution in [-0.2, 0) is 14.4 Å². The van der Waals surface area contributed by atoms with Crippen molar-refractivity contribution in [3.05, 3.63) is 11.6 Å². The number of aliphatic carboxylic acids is 3. The van der Waals surface area contributed by atoms with Crippen LogP contribution in [0.25, 0.3) is 0 Å². The summed E-state index contributed by atoms with van der Waals surface area (Å²) in [6.07, 6.45) is 5.79. The lowest BCUT2D eigenvalue weighted by atomic mass is 9.34. The second kappa shape index (κ2) is 6.57. The molecule has 2 bridgehead atoms. The van der Waals surface area contributed by atoms with Crippen LogP contribution in [0.2, 0.25) is 0 Å². The topological polar surface area (TPSA) is 120 Å². The summed E-state index contributed by atoms with van der Waals surface area (Å²) in [5.41, 5.74) is -1.14. The van der Waals surface area contributed by atoms with Gasteiger partial charge >= 0.3 is 0 Å². The summed E-state index contributed by atoms with van der Waals surface area (Å²) in [5, 5.41) is 36.6. The zero-order valence-corrected chi connectivity index (χ0v) is 18.2. The zero-order chi connectivity index (χ0) is 22.2. The molecule has 0 heterocycles. The Labute approximate surface area is 177 Å². The van der Waals surface area contributed by atoms with Gasteiger partial charge in [0.15, 0.2) is 0 Å². The highest BCUT2D eigenvalue weighted by molar-refractivity contribution is 5.81. The maximum Gasteiger partial charge on any atom is 0.0476 e. The summed E-state index contributed by atoms with van der Waals surface area (Å²) in [6.45, 7) is 7.91. The molecule has 3 fully saturated rings. The molecule has 0 saturated heterocycles. The lowest BCUT2D eigenvalue weighted by molar-refractivity contribution is -0.343. The third-order valence-corrected chi connectivity index (χ3v) is 9.67. The van der Waals surface area contributed by atoms with E-state index in [1.165, 1.54) is 0 Å². The van der Waals surface area contributed by atoms with Gasteiger partial charge in [0.25, 0.3) is 0 Å². The summed E-state index contributed by atoms with van der Waals surface area (Å²) >= 11 is 0. The second-order valence-electron chi connectivity index (χ2n) is 11.1. The molecule has 30 heavy (non-hydrogen) atoms. The molecule has 0 unspecified atom stereocenters. The molecule has 8 atom stereocenters. The number of rotatable bonds is 4. The van der Waals surface area contributed by atoms with Gasteiger partial charge in [0, 0.05) is 40.6 Å². The van der Waals surface area contributed by atoms with Crippen LogP contribution in [0.1, 0.15) is 66.2 Å². The van der Waals surface area contributed by atoms with Gasteiger partial charge in [-0.05, 0) is 61.2 Å². The molecule has 0 amide bonds. The minimum absolute atomic E-state index is 0.0891. The predicted octanol–water partition coefficient (Wildman–Crippen LogP) is 0.294. The maximum atomic E-state index is 12.3. The smallest absolute Gasteiger partial charge is 0.0476 e. The van der Waals surface area contributed by atoms with Crippen molar-refractivity contribution < 1.29 is 29.7 Å². The molecule has 0 radical (unpaired) electrons. The molecule has 5 aliphatic carbocycles. The third-order valence-electron chi connectivity index (χ3n) is 9.67. The second-order valence-corrected chi connectivity index (χ2v) is 11.1. The van der Waals surface area contributed by atoms with Crippen LogP contribution in [-0.4, -0.2) is 17.9 Å². The van der Waals surface area contributed by atoms with Crippen molar-refractivity contribution in [1.82, 2.24) is 0 Å². The highest BCUT2D eigenvalue weighted by Gasteiger charge is 2.68. The Hall–Kier alpha value is -1.85. The minimum atomic E-state index is -1.32. The molecular weight excluding hydrogens is 384 g/mol. The number of carbonyl (C=O) groups excluding carboxylic acids is 3. The predicted molar refractivity (Wildman–Crippen MR) is 102 cm³/mol. The normalized spacial score (nSPS) is 47.2. The Balaban J connectivity index is 1.89. The van der Waals surface area contributed by atoms with Gasteiger partial charge in [-0.3, -0.25) is 0 Å².